The second kappa shape index (κ2) is 11.1. The molecule has 0 radical (unpaired) electrons. The topological polar surface area (TPSA) is 106 Å². The standard InChI is InChI=1S/C31H32N2O6/c1-6-39-25(34)17-19-10-13-21(14-11-19)33-27(23-9-7-8-16-32-23)26(29(36)30(33)37)28(35)22-18-20(31(2,3)4)12-15-24(22)38-5/h7-16,18,27,35H,6,17H2,1-5H3/b28-26+. The molecule has 1 saturated heterocycles. The number of benzene rings is 2. The highest BCUT2D eigenvalue weighted by atomic mass is 16.5. The summed E-state index contributed by atoms with van der Waals surface area (Å²) < 4.78 is 10.5. The van der Waals surface area contributed by atoms with E-state index in [1.807, 2.05) is 26.8 Å². The Hall–Kier alpha value is -4.46. The number of aliphatic hydroxyl groups excluding tert-OH is 1. The van der Waals surface area contributed by atoms with Crippen LogP contribution < -0.4 is 9.64 Å². The molecular weight excluding hydrogens is 496 g/mol. The smallest absolute Gasteiger partial charge is 0.310 e. The third-order valence-corrected chi connectivity index (χ3v) is 6.60. The molecule has 2 aromatic carbocycles. The number of amides is 1. The third kappa shape index (κ3) is 5.55. The molecule has 8 nitrogen and oxygen atoms in total. The summed E-state index contributed by atoms with van der Waals surface area (Å²) >= 11 is 0. The van der Waals surface area contributed by atoms with Gasteiger partial charge in [0.05, 0.1) is 37.0 Å². The summed E-state index contributed by atoms with van der Waals surface area (Å²) in [6.45, 7) is 8.14. The Bertz CT molecular complexity index is 1420. The zero-order valence-electron chi connectivity index (χ0n) is 22.7. The lowest BCUT2D eigenvalue weighted by atomic mass is 9.85. The zero-order valence-corrected chi connectivity index (χ0v) is 22.7. The maximum atomic E-state index is 13.5. The number of carbonyl (C=O) groups is 3. The fourth-order valence-corrected chi connectivity index (χ4v) is 4.57. The lowest BCUT2D eigenvalue weighted by molar-refractivity contribution is -0.142. The SMILES string of the molecule is CCOC(=O)Cc1ccc(N2C(=O)C(=O)/C(=C(/O)c3cc(C(C)(C)C)ccc3OC)C2c2ccccn2)cc1. The molecule has 202 valence electrons. The number of pyridine rings is 1. The van der Waals surface area contributed by atoms with Crippen molar-refractivity contribution in [2.75, 3.05) is 18.6 Å². The quantitative estimate of drug-likeness (QED) is 0.196. The lowest BCUT2D eigenvalue weighted by Crippen LogP contribution is -2.29. The van der Waals surface area contributed by atoms with E-state index >= 15 is 0 Å². The molecule has 1 aromatic heterocycles. The summed E-state index contributed by atoms with van der Waals surface area (Å²) in [5, 5.41) is 11.6. The molecule has 0 bridgehead atoms. The number of methoxy groups -OCH3 is 1. The fourth-order valence-electron chi connectivity index (χ4n) is 4.57. The lowest BCUT2D eigenvalue weighted by Gasteiger charge is -2.25. The molecule has 1 unspecified atom stereocenters. The van der Waals surface area contributed by atoms with Crippen LogP contribution in [-0.4, -0.2) is 41.5 Å². The van der Waals surface area contributed by atoms with Crippen LogP contribution in [0.4, 0.5) is 5.69 Å². The van der Waals surface area contributed by atoms with Crippen molar-refractivity contribution in [2.45, 2.75) is 45.6 Å². The Kier molecular flexibility index (Phi) is 7.85. The molecule has 8 heteroatoms. The second-order valence-corrected chi connectivity index (χ2v) is 10.2. The highest BCUT2D eigenvalue weighted by Crippen LogP contribution is 2.43. The number of ketones is 1. The normalized spacial score (nSPS) is 16.8. The van der Waals surface area contributed by atoms with Gasteiger partial charge in [-0.05, 0) is 59.9 Å². The number of anilines is 1. The average molecular weight is 529 g/mol. The summed E-state index contributed by atoms with van der Waals surface area (Å²) in [7, 11) is 1.48. The molecule has 1 aliphatic heterocycles. The first-order valence-electron chi connectivity index (χ1n) is 12.7. The molecule has 0 spiro atoms. The van der Waals surface area contributed by atoms with Crippen LogP contribution in [0.5, 0.6) is 5.75 Å². The van der Waals surface area contributed by atoms with Crippen molar-refractivity contribution in [2.24, 2.45) is 0 Å². The van der Waals surface area contributed by atoms with Crippen LogP contribution in [0.1, 0.15) is 56.1 Å². The van der Waals surface area contributed by atoms with E-state index < -0.39 is 17.7 Å². The molecule has 1 aliphatic rings. The molecule has 1 fully saturated rings. The van der Waals surface area contributed by atoms with Crippen molar-refractivity contribution in [1.82, 2.24) is 4.98 Å². The molecule has 0 saturated carbocycles. The van der Waals surface area contributed by atoms with Crippen LogP contribution in [-0.2, 0) is 31.0 Å². The van der Waals surface area contributed by atoms with Crippen molar-refractivity contribution in [3.05, 3.63) is 94.8 Å². The Morgan fingerprint density at radius 2 is 1.77 bits per heavy atom. The summed E-state index contributed by atoms with van der Waals surface area (Å²) in [4.78, 5) is 44.6. The molecule has 2 heterocycles. The van der Waals surface area contributed by atoms with E-state index in [0.29, 0.717) is 28.3 Å². The molecule has 0 aliphatic carbocycles. The number of rotatable bonds is 7. The van der Waals surface area contributed by atoms with Gasteiger partial charge in [0.1, 0.15) is 17.6 Å². The Morgan fingerprint density at radius 3 is 2.36 bits per heavy atom. The van der Waals surface area contributed by atoms with E-state index in [1.165, 1.54) is 12.0 Å². The number of hydrogen-bond donors (Lipinski definition) is 1. The number of ether oxygens (including phenoxy) is 2. The summed E-state index contributed by atoms with van der Waals surface area (Å²) in [6, 6.07) is 16.4. The first kappa shape index (κ1) is 27.6. The number of carbonyl (C=O) groups excluding carboxylic acids is 3. The minimum atomic E-state index is -0.981. The summed E-state index contributed by atoms with van der Waals surface area (Å²) in [5.74, 6) is -1.95. The van der Waals surface area contributed by atoms with Gasteiger partial charge in [-0.2, -0.15) is 0 Å². The minimum Gasteiger partial charge on any atom is -0.507 e. The number of hydrogen-bond acceptors (Lipinski definition) is 7. The van der Waals surface area contributed by atoms with Crippen LogP contribution in [0.15, 0.2) is 72.4 Å². The van der Waals surface area contributed by atoms with Crippen LogP contribution >= 0.6 is 0 Å². The maximum absolute atomic E-state index is 13.5. The van der Waals surface area contributed by atoms with Gasteiger partial charge < -0.3 is 14.6 Å². The van der Waals surface area contributed by atoms with E-state index in [0.717, 1.165) is 5.56 Å². The Balaban J connectivity index is 1.86. The van der Waals surface area contributed by atoms with E-state index in [1.54, 1.807) is 67.7 Å². The Morgan fingerprint density at radius 1 is 1.05 bits per heavy atom. The van der Waals surface area contributed by atoms with Gasteiger partial charge in [0.25, 0.3) is 11.7 Å². The summed E-state index contributed by atoms with van der Waals surface area (Å²) in [5.41, 5.74) is 2.46. The highest BCUT2D eigenvalue weighted by Gasteiger charge is 2.48. The molecule has 1 N–H and O–H groups in total. The van der Waals surface area contributed by atoms with Gasteiger partial charge in [-0.3, -0.25) is 24.3 Å². The predicted octanol–water partition coefficient (Wildman–Crippen LogP) is 5.12. The molecule has 39 heavy (non-hydrogen) atoms. The minimum absolute atomic E-state index is 0.0838. The molecule has 1 atom stereocenters. The van der Waals surface area contributed by atoms with Crippen LogP contribution in [0.3, 0.4) is 0 Å². The molecule has 4 rings (SSSR count). The number of aromatic nitrogens is 1. The third-order valence-electron chi connectivity index (χ3n) is 6.60. The van der Waals surface area contributed by atoms with Gasteiger partial charge in [0, 0.05) is 11.9 Å². The first-order valence-corrected chi connectivity index (χ1v) is 12.7. The van der Waals surface area contributed by atoms with Crippen molar-refractivity contribution in [1.29, 1.82) is 0 Å². The van der Waals surface area contributed by atoms with Crippen molar-refractivity contribution >= 4 is 29.1 Å². The molecule has 3 aromatic rings. The zero-order chi connectivity index (χ0) is 28.3. The number of aliphatic hydroxyl groups is 1. The van der Waals surface area contributed by atoms with Gasteiger partial charge >= 0.3 is 5.97 Å². The highest BCUT2D eigenvalue weighted by molar-refractivity contribution is 6.51. The number of esters is 1. The van der Waals surface area contributed by atoms with Gasteiger partial charge in [0.2, 0.25) is 0 Å². The largest absolute Gasteiger partial charge is 0.507 e. The van der Waals surface area contributed by atoms with Crippen LogP contribution in [0.2, 0.25) is 0 Å². The monoisotopic (exact) mass is 528 g/mol. The van der Waals surface area contributed by atoms with E-state index in [-0.39, 0.29) is 35.7 Å². The predicted molar refractivity (Wildman–Crippen MR) is 147 cm³/mol. The van der Waals surface area contributed by atoms with Gasteiger partial charge in [-0.25, -0.2) is 0 Å². The van der Waals surface area contributed by atoms with Gasteiger partial charge in [-0.1, -0.05) is 45.0 Å². The Labute approximate surface area is 227 Å². The number of Topliss-reactive ketones (excluding diaryl/α,β-unsaturated/α-hetero) is 1. The molecule has 1 amide bonds. The van der Waals surface area contributed by atoms with Crippen molar-refractivity contribution in [3.63, 3.8) is 0 Å². The fraction of sp³-hybridized carbons (Fsp3) is 0.290. The molecular formula is C31H32N2O6. The summed E-state index contributed by atoms with van der Waals surface area (Å²) in [6.07, 6.45) is 1.65. The maximum Gasteiger partial charge on any atom is 0.310 e. The van der Waals surface area contributed by atoms with Gasteiger partial charge in [-0.15, -0.1) is 0 Å². The van der Waals surface area contributed by atoms with E-state index in [2.05, 4.69) is 4.98 Å². The van der Waals surface area contributed by atoms with Crippen LogP contribution in [0, 0.1) is 0 Å². The first-order chi connectivity index (χ1) is 18.6. The average Bonchev–Trinajstić information content (AvgIpc) is 3.18. The van der Waals surface area contributed by atoms with Gasteiger partial charge in [0.15, 0.2) is 0 Å². The van der Waals surface area contributed by atoms with E-state index in [9.17, 15) is 19.5 Å². The van der Waals surface area contributed by atoms with E-state index in [4.69, 9.17) is 9.47 Å². The van der Waals surface area contributed by atoms with Crippen molar-refractivity contribution in [3.8, 4) is 5.75 Å². The van der Waals surface area contributed by atoms with Crippen molar-refractivity contribution < 1.29 is 29.0 Å². The number of nitrogens with zero attached hydrogens (tertiary/aromatic N) is 2. The second-order valence-electron chi connectivity index (χ2n) is 10.2. The van der Waals surface area contributed by atoms with Crippen LogP contribution in [0.25, 0.3) is 5.76 Å².